The minimum Gasteiger partial charge on any atom is -0.298 e. The molecule has 0 radical (unpaired) electrons. The zero-order chi connectivity index (χ0) is 14.5. The van der Waals surface area contributed by atoms with Gasteiger partial charge in [-0.05, 0) is 48.0 Å². The summed E-state index contributed by atoms with van der Waals surface area (Å²) in [6, 6.07) is 9.31. The SMILES string of the molecule is Fc1ccccc1CN1CCCN(Cc2ccsc2)CC1. The maximum absolute atomic E-state index is 13.7. The summed E-state index contributed by atoms with van der Waals surface area (Å²) >= 11 is 1.76. The van der Waals surface area contributed by atoms with Crippen molar-refractivity contribution in [2.45, 2.75) is 19.5 Å². The monoisotopic (exact) mass is 304 g/mol. The first-order valence-corrected chi connectivity index (χ1v) is 8.45. The second-order valence-electron chi connectivity index (χ2n) is 5.63. The van der Waals surface area contributed by atoms with Crippen LogP contribution in [0.3, 0.4) is 0 Å². The van der Waals surface area contributed by atoms with Crippen molar-refractivity contribution in [1.29, 1.82) is 0 Å². The van der Waals surface area contributed by atoms with E-state index in [2.05, 4.69) is 26.6 Å². The molecule has 112 valence electrons. The Morgan fingerprint density at radius 2 is 1.71 bits per heavy atom. The molecule has 1 aromatic heterocycles. The van der Waals surface area contributed by atoms with E-state index in [0.29, 0.717) is 0 Å². The Morgan fingerprint density at radius 1 is 0.952 bits per heavy atom. The van der Waals surface area contributed by atoms with E-state index in [0.717, 1.165) is 51.3 Å². The Morgan fingerprint density at radius 3 is 2.43 bits per heavy atom. The first-order chi connectivity index (χ1) is 10.3. The van der Waals surface area contributed by atoms with Crippen LogP contribution < -0.4 is 0 Å². The van der Waals surface area contributed by atoms with E-state index < -0.39 is 0 Å². The second-order valence-corrected chi connectivity index (χ2v) is 6.41. The van der Waals surface area contributed by atoms with Crippen LogP contribution in [0.25, 0.3) is 0 Å². The average Bonchev–Trinajstić information content (AvgIpc) is 2.89. The predicted molar refractivity (Wildman–Crippen MR) is 85.9 cm³/mol. The lowest BCUT2D eigenvalue weighted by molar-refractivity contribution is 0.245. The smallest absolute Gasteiger partial charge is 0.127 e. The van der Waals surface area contributed by atoms with Crippen molar-refractivity contribution in [3.05, 3.63) is 58.0 Å². The van der Waals surface area contributed by atoms with Crippen LogP contribution in [0.15, 0.2) is 41.1 Å². The fraction of sp³-hybridized carbons (Fsp3) is 0.412. The quantitative estimate of drug-likeness (QED) is 0.851. The minimum atomic E-state index is -0.0862. The molecule has 4 heteroatoms. The van der Waals surface area contributed by atoms with Crippen molar-refractivity contribution in [3.8, 4) is 0 Å². The molecule has 1 aliphatic heterocycles. The van der Waals surface area contributed by atoms with Crippen LogP contribution in [-0.4, -0.2) is 36.0 Å². The van der Waals surface area contributed by atoms with Crippen LogP contribution in [0.1, 0.15) is 17.5 Å². The third-order valence-corrected chi connectivity index (χ3v) is 4.75. The van der Waals surface area contributed by atoms with Gasteiger partial charge < -0.3 is 0 Å². The molecule has 0 unspecified atom stereocenters. The fourth-order valence-electron chi connectivity index (χ4n) is 2.85. The van der Waals surface area contributed by atoms with Crippen LogP contribution in [-0.2, 0) is 13.1 Å². The minimum absolute atomic E-state index is 0.0862. The molecule has 0 N–H and O–H groups in total. The number of hydrogen-bond acceptors (Lipinski definition) is 3. The molecule has 2 heterocycles. The third kappa shape index (κ3) is 4.13. The van der Waals surface area contributed by atoms with Crippen LogP contribution in [0.2, 0.25) is 0 Å². The Hall–Kier alpha value is -1.23. The molecule has 0 spiro atoms. The van der Waals surface area contributed by atoms with Gasteiger partial charge in [0, 0.05) is 31.7 Å². The van der Waals surface area contributed by atoms with E-state index in [1.165, 1.54) is 5.56 Å². The van der Waals surface area contributed by atoms with Gasteiger partial charge in [-0.15, -0.1) is 0 Å². The third-order valence-electron chi connectivity index (χ3n) is 4.02. The highest BCUT2D eigenvalue weighted by atomic mass is 32.1. The number of nitrogens with zero attached hydrogens (tertiary/aromatic N) is 2. The summed E-state index contributed by atoms with van der Waals surface area (Å²) in [7, 11) is 0. The van der Waals surface area contributed by atoms with Gasteiger partial charge in [-0.25, -0.2) is 4.39 Å². The number of thiophene rings is 1. The van der Waals surface area contributed by atoms with Gasteiger partial charge in [0.1, 0.15) is 5.82 Å². The molecule has 0 amide bonds. The second kappa shape index (κ2) is 7.16. The predicted octanol–water partition coefficient (Wildman–Crippen LogP) is 3.60. The molecule has 21 heavy (non-hydrogen) atoms. The van der Waals surface area contributed by atoms with Crippen molar-refractivity contribution in [2.75, 3.05) is 26.2 Å². The molecule has 0 aliphatic carbocycles. The lowest BCUT2D eigenvalue weighted by Gasteiger charge is -2.21. The summed E-state index contributed by atoms with van der Waals surface area (Å²) in [5.74, 6) is -0.0862. The first-order valence-electron chi connectivity index (χ1n) is 7.50. The van der Waals surface area contributed by atoms with Gasteiger partial charge >= 0.3 is 0 Å². The van der Waals surface area contributed by atoms with Gasteiger partial charge in [0.25, 0.3) is 0 Å². The molecular formula is C17H21FN2S. The number of rotatable bonds is 4. The topological polar surface area (TPSA) is 6.48 Å². The maximum atomic E-state index is 13.7. The highest BCUT2D eigenvalue weighted by Gasteiger charge is 2.16. The lowest BCUT2D eigenvalue weighted by atomic mass is 10.2. The molecule has 2 aromatic rings. The fourth-order valence-corrected chi connectivity index (χ4v) is 3.51. The molecule has 0 saturated carbocycles. The van der Waals surface area contributed by atoms with E-state index in [9.17, 15) is 4.39 Å². The van der Waals surface area contributed by atoms with Crippen molar-refractivity contribution in [3.63, 3.8) is 0 Å². The Balaban J connectivity index is 1.54. The van der Waals surface area contributed by atoms with Crippen molar-refractivity contribution in [2.24, 2.45) is 0 Å². The van der Waals surface area contributed by atoms with Gasteiger partial charge in [-0.3, -0.25) is 9.80 Å². The number of hydrogen-bond donors (Lipinski definition) is 0. The Bertz CT molecular complexity index is 556. The normalized spacial score (nSPS) is 17.8. The Kier molecular flexibility index (Phi) is 5.01. The van der Waals surface area contributed by atoms with Crippen molar-refractivity contribution in [1.82, 2.24) is 9.80 Å². The van der Waals surface area contributed by atoms with Crippen LogP contribution in [0.4, 0.5) is 4.39 Å². The highest BCUT2D eigenvalue weighted by molar-refractivity contribution is 7.07. The number of halogens is 1. The van der Waals surface area contributed by atoms with Crippen LogP contribution in [0, 0.1) is 5.82 Å². The summed E-state index contributed by atoms with van der Waals surface area (Å²) in [6.45, 7) is 6.01. The summed E-state index contributed by atoms with van der Waals surface area (Å²) in [5.41, 5.74) is 2.21. The molecule has 1 saturated heterocycles. The molecule has 0 atom stereocenters. The van der Waals surface area contributed by atoms with Gasteiger partial charge in [0.2, 0.25) is 0 Å². The summed E-state index contributed by atoms with van der Waals surface area (Å²) in [6.07, 6.45) is 1.15. The largest absolute Gasteiger partial charge is 0.298 e. The molecular weight excluding hydrogens is 283 g/mol. The van der Waals surface area contributed by atoms with E-state index in [4.69, 9.17) is 0 Å². The lowest BCUT2D eigenvalue weighted by Crippen LogP contribution is -2.30. The molecule has 1 aromatic carbocycles. The summed E-state index contributed by atoms with van der Waals surface area (Å²) in [4.78, 5) is 4.87. The zero-order valence-corrected chi connectivity index (χ0v) is 13.0. The van der Waals surface area contributed by atoms with E-state index in [1.54, 1.807) is 23.5 Å². The van der Waals surface area contributed by atoms with Crippen molar-refractivity contribution < 1.29 is 4.39 Å². The molecule has 1 fully saturated rings. The number of benzene rings is 1. The van der Waals surface area contributed by atoms with E-state index in [-0.39, 0.29) is 5.82 Å². The van der Waals surface area contributed by atoms with Crippen LogP contribution >= 0.6 is 11.3 Å². The molecule has 2 nitrogen and oxygen atoms in total. The van der Waals surface area contributed by atoms with E-state index >= 15 is 0 Å². The van der Waals surface area contributed by atoms with E-state index in [1.807, 2.05) is 12.1 Å². The van der Waals surface area contributed by atoms with Gasteiger partial charge in [0.15, 0.2) is 0 Å². The molecule has 0 bridgehead atoms. The Labute approximate surface area is 129 Å². The van der Waals surface area contributed by atoms with Gasteiger partial charge in [-0.2, -0.15) is 11.3 Å². The van der Waals surface area contributed by atoms with Crippen molar-refractivity contribution >= 4 is 11.3 Å². The zero-order valence-electron chi connectivity index (χ0n) is 12.2. The average molecular weight is 304 g/mol. The summed E-state index contributed by atoms with van der Waals surface area (Å²) in [5, 5.41) is 4.36. The first kappa shape index (κ1) is 14.7. The maximum Gasteiger partial charge on any atom is 0.127 e. The molecule has 3 rings (SSSR count). The van der Waals surface area contributed by atoms with Crippen LogP contribution in [0.5, 0.6) is 0 Å². The highest BCUT2D eigenvalue weighted by Crippen LogP contribution is 2.14. The van der Waals surface area contributed by atoms with Gasteiger partial charge in [-0.1, -0.05) is 18.2 Å². The van der Waals surface area contributed by atoms with Gasteiger partial charge in [0.05, 0.1) is 0 Å². The molecule has 1 aliphatic rings. The summed E-state index contributed by atoms with van der Waals surface area (Å²) < 4.78 is 13.7. The standard InChI is InChI=1S/C17H21FN2S/c18-17-5-2-1-4-16(17)13-20-8-3-7-19(9-10-20)12-15-6-11-21-14-15/h1-2,4-6,11,14H,3,7-10,12-13H2.